The van der Waals surface area contributed by atoms with Crippen LogP contribution in [0.2, 0.25) is 0 Å². The Bertz CT molecular complexity index is 504. The van der Waals surface area contributed by atoms with Gasteiger partial charge in [-0.3, -0.25) is 0 Å². The van der Waals surface area contributed by atoms with Crippen LogP contribution in [0.25, 0.3) is 0 Å². The molecule has 3 unspecified atom stereocenters. The molecule has 1 saturated carbocycles. The fraction of sp³-hybridized carbons (Fsp3) is 0.667. The van der Waals surface area contributed by atoms with E-state index in [1.54, 1.807) is 5.57 Å². The van der Waals surface area contributed by atoms with Gasteiger partial charge in [0.05, 0.1) is 0 Å². The minimum atomic E-state index is 0.181. The molecular weight excluding hydrogens is 232 g/mol. The monoisotopic (exact) mass is 258 g/mol. The maximum atomic E-state index is 9.59. The fourth-order valence-electron chi connectivity index (χ4n) is 4.67. The number of fused-ring (bicyclic) bond motifs is 1. The Kier molecular flexibility index (Phi) is 2.52. The van der Waals surface area contributed by atoms with Gasteiger partial charge in [-0.25, -0.2) is 0 Å². The van der Waals surface area contributed by atoms with Crippen molar-refractivity contribution in [2.75, 3.05) is 6.61 Å². The molecule has 0 saturated heterocycles. The molecule has 0 aromatic carbocycles. The summed E-state index contributed by atoms with van der Waals surface area (Å²) < 4.78 is 0. The SMILES string of the molecule is CC(CO)C1=C2C(C)(C)C3C=CC2(C3)C(C)(C)C=C1. The van der Waals surface area contributed by atoms with E-state index in [4.69, 9.17) is 0 Å². The number of aliphatic hydroxyl groups is 1. The molecule has 1 spiro atoms. The van der Waals surface area contributed by atoms with Crippen LogP contribution in [0.3, 0.4) is 0 Å². The summed E-state index contributed by atoms with van der Waals surface area (Å²) in [7, 11) is 0. The molecule has 3 atom stereocenters. The summed E-state index contributed by atoms with van der Waals surface area (Å²) in [4.78, 5) is 0. The third-order valence-corrected chi connectivity index (χ3v) is 6.10. The van der Waals surface area contributed by atoms with Crippen LogP contribution in [0.15, 0.2) is 35.5 Å². The lowest BCUT2D eigenvalue weighted by atomic mass is 9.55. The lowest BCUT2D eigenvalue weighted by molar-refractivity contribution is 0.217. The largest absolute Gasteiger partial charge is 0.396 e. The van der Waals surface area contributed by atoms with Gasteiger partial charge < -0.3 is 5.11 Å². The first kappa shape index (κ1) is 13.2. The van der Waals surface area contributed by atoms with E-state index < -0.39 is 0 Å². The zero-order valence-electron chi connectivity index (χ0n) is 12.8. The van der Waals surface area contributed by atoms with E-state index in [1.165, 1.54) is 12.0 Å². The molecule has 1 heteroatoms. The van der Waals surface area contributed by atoms with Gasteiger partial charge in [0.25, 0.3) is 0 Å². The van der Waals surface area contributed by atoms with Gasteiger partial charge in [-0.1, -0.05) is 58.9 Å². The normalized spacial score (nSPS) is 38.7. The second-order valence-electron chi connectivity index (χ2n) is 7.83. The fourth-order valence-corrected chi connectivity index (χ4v) is 4.67. The molecule has 19 heavy (non-hydrogen) atoms. The van der Waals surface area contributed by atoms with Crippen molar-refractivity contribution in [1.82, 2.24) is 0 Å². The standard InChI is InChI=1S/C18H26O/c1-12(11-19)14-7-8-16(2,3)18-9-6-13(10-18)17(4,5)15(14)18/h6-9,12-13,19H,10-11H2,1-5H3. The first-order chi connectivity index (χ1) is 8.76. The van der Waals surface area contributed by atoms with Crippen molar-refractivity contribution in [3.05, 3.63) is 35.5 Å². The molecule has 0 amide bonds. The summed E-state index contributed by atoms with van der Waals surface area (Å²) in [6.07, 6.45) is 10.8. The van der Waals surface area contributed by atoms with Crippen molar-refractivity contribution in [3.8, 4) is 0 Å². The van der Waals surface area contributed by atoms with Crippen LogP contribution in [0, 0.1) is 28.1 Å². The molecule has 1 N–H and O–H groups in total. The zero-order chi connectivity index (χ0) is 14.1. The van der Waals surface area contributed by atoms with E-state index in [9.17, 15) is 5.11 Å². The van der Waals surface area contributed by atoms with Crippen molar-refractivity contribution >= 4 is 0 Å². The summed E-state index contributed by atoms with van der Waals surface area (Å²) in [5, 5.41) is 9.59. The average molecular weight is 258 g/mol. The second kappa shape index (κ2) is 3.63. The Morgan fingerprint density at radius 2 is 1.95 bits per heavy atom. The Hall–Kier alpha value is -0.820. The number of hydrogen-bond donors (Lipinski definition) is 1. The van der Waals surface area contributed by atoms with E-state index in [1.807, 2.05) is 0 Å². The summed E-state index contributed by atoms with van der Waals surface area (Å²) in [5.41, 5.74) is 3.59. The van der Waals surface area contributed by atoms with E-state index in [0.29, 0.717) is 5.92 Å². The summed E-state index contributed by atoms with van der Waals surface area (Å²) in [6.45, 7) is 11.9. The number of allylic oxidation sites excluding steroid dienone is 5. The number of aliphatic hydroxyl groups excluding tert-OH is 1. The molecular formula is C18H26O. The smallest absolute Gasteiger partial charge is 0.0497 e. The number of hydrogen-bond acceptors (Lipinski definition) is 1. The molecule has 3 rings (SSSR count). The van der Waals surface area contributed by atoms with Crippen LogP contribution in [0.5, 0.6) is 0 Å². The van der Waals surface area contributed by atoms with Gasteiger partial charge in [-0.2, -0.15) is 0 Å². The van der Waals surface area contributed by atoms with Crippen LogP contribution in [-0.4, -0.2) is 11.7 Å². The van der Waals surface area contributed by atoms with Gasteiger partial charge in [-0.05, 0) is 34.3 Å². The van der Waals surface area contributed by atoms with Crippen LogP contribution in [0.1, 0.15) is 41.0 Å². The molecule has 0 radical (unpaired) electrons. The maximum absolute atomic E-state index is 9.59. The minimum Gasteiger partial charge on any atom is -0.396 e. The molecule has 0 aromatic heterocycles. The average Bonchev–Trinajstić information content (AvgIpc) is 2.86. The number of rotatable bonds is 2. The summed E-state index contributed by atoms with van der Waals surface area (Å²) in [5.74, 6) is 0.897. The topological polar surface area (TPSA) is 20.2 Å². The van der Waals surface area contributed by atoms with Gasteiger partial charge in [-0.15, -0.1) is 0 Å². The first-order valence-electron chi connectivity index (χ1n) is 7.51. The summed E-state index contributed by atoms with van der Waals surface area (Å²) in [6, 6.07) is 0. The van der Waals surface area contributed by atoms with Crippen molar-refractivity contribution in [2.24, 2.45) is 28.1 Å². The second-order valence-corrected chi connectivity index (χ2v) is 7.83. The predicted octanol–water partition coefficient (Wildman–Crippen LogP) is 4.11. The maximum Gasteiger partial charge on any atom is 0.0497 e. The van der Waals surface area contributed by atoms with E-state index in [0.717, 1.165) is 0 Å². The molecule has 3 aliphatic rings. The van der Waals surface area contributed by atoms with E-state index >= 15 is 0 Å². The van der Waals surface area contributed by atoms with Gasteiger partial charge >= 0.3 is 0 Å². The van der Waals surface area contributed by atoms with Gasteiger partial charge in [0, 0.05) is 17.9 Å². The van der Waals surface area contributed by atoms with Crippen LogP contribution < -0.4 is 0 Å². The third kappa shape index (κ3) is 1.40. The Balaban J connectivity index is 2.27. The molecule has 0 aliphatic heterocycles. The Morgan fingerprint density at radius 3 is 2.58 bits per heavy atom. The highest BCUT2D eigenvalue weighted by Gasteiger charge is 2.62. The quantitative estimate of drug-likeness (QED) is 0.739. The van der Waals surface area contributed by atoms with Crippen LogP contribution in [0.4, 0.5) is 0 Å². The van der Waals surface area contributed by atoms with Crippen LogP contribution in [-0.2, 0) is 0 Å². The van der Waals surface area contributed by atoms with E-state index in [2.05, 4.69) is 58.9 Å². The van der Waals surface area contributed by atoms with Gasteiger partial charge in [0.15, 0.2) is 0 Å². The highest BCUT2D eigenvalue weighted by molar-refractivity contribution is 5.53. The predicted molar refractivity (Wildman–Crippen MR) is 79.7 cm³/mol. The molecule has 3 aliphatic carbocycles. The van der Waals surface area contributed by atoms with Crippen molar-refractivity contribution in [2.45, 2.75) is 41.0 Å². The molecule has 2 bridgehead atoms. The first-order valence-corrected chi connectivity index (χ1v) is 7.51. The molecule has 1 fully saturated rings. The van der Waals surface area contributed by atoms with Crippen LogP contribution >= 0.6 is 0 Å². The lowest BCUT2D eigenvalue weighted by Gasteiger charge is -2.48. The third-order valence-electron chi connectivity index (χ3n) is 6.10. The van der Waals surface area contributed by atoms with Gasteiger partial charge in [0.1, 0.15) is 0 Å². The molecule has 1 nitrogen and oxygen atoms in total. The molecule has 104 valence electrons. The van der Waals surface area contributed by atoms with Crippen molar-refractivity contribution in [1.29, 1.82) is 0 Å². The molecule has 0 heterocycles. The Labute approximate surface area is 117 Å². The van der Waals surface area contributed by atoms with Crippen molar-refractivity contribution < 1.29 is 5.11 Å². The minimum absolute atomic E-state index is 0.181. The van der Waals surface area contributed by atoms with E-state index in [-0.39, 0.29) is 28.8 Å². The van der Waals surface area contributed by atoms with Crippen molar-refractivity contribution in [3.63, 3.8) is 0 Å². The lowest BCUT2D eigenvalue weighted by Crippen LogP contribution is -2.39. The zero-order valence-corrected chi connectivity index (χ0v) is 12.8. The van der Waals surface area contributed by atoms with Gasteiger partial charge in [0.2, 0.25) is 0 Å². The highest BCUT2D eigenvalue weighted by atomic mass is 16.3. The summed E-state index contributed by atoms with van der Waals surface area (Å²) >= 11 is 0. The Morgan fingerprint density at radius 1 is 1.26 bits per heavy atom. The highest BCUT2D eigenvalue weighted by Crippen LogP contribution is 2.71. The molecule has 0 aromatic rings.